The summed E-state index contributed by atoms with van der Waals surface area (Å²) in [6, 6.07) is 0. The summed E-state index contributed by atoms with van der Waals surface area (Å²) in [5, 5.41) is 0. The monoisotopic (exact) mass is 74.1 g/mol. The molecule has 0 rings (SSSR count). The predicted octanol–water partition coefficient (Wildman–Crippen LogP) is 2.05. The first kappa shape index (κ1) is 3.20. The van der Waals surface area contributed by atoms with E-state index in [4.69, 9.17) is 1.37 Å². The fourth-order valence-electron chi connectivity index (χ4n) is 0. The van der Waals surface area contributed by atoms with Gasteiger partial charge in [-0.3, -0.25) is 0 Å². The molecule has 0 saturated heterocycles. The van der Waals surface area contributed by atoms with Gasteiger partial charge in [0, 0.05) is 1.37 Å². The Kier molecular flexibility index (Phi) is 1.44. The van der Waals surface area contributed by atoms with E-state index in [1.54, 1.807) is 0 Å². The molecule has 32 valence electrons. The molecule has 0 aliphatic rings. The van der Waals surface area contributed by atoms with Gasteiger partial charge in [0.05, 0.1) is 0 Å². The van der Waals surface area contributed by atoms with Crippen molar-refractivity contribution in [2.24, 2.45) is 5.92 Å². The van der Waals surface area contributed by atoms with E-state index in [-0.39, 0.29) is 0 Å². The number of rotatable bonds is 1. The van der Waals surface area contributed by atoms with Gasteiger partial charge < -0.3 is 0 Å². The van der Waals surface area contributed by atoms with Crippen molar-refractivity contribution >= 4 is 0 Å². The lowest BCUT2D eigenvalue weighted by Crippen LogP contribution is -1.77. The van der Waals surface area contributed by atoms with Crippen LogP contribution in [0.1, 0.15) is 28.5 Å². The van der Waals surface area contributed by atoms with Gasteiger partial charge in [0.15, 0.2) is 0 Å². The molecule has 0 nitrogen and oxygen atoms in total. The van der Waals surface area contributed by atoms with Crippen LogP contribution in [0.15, 0.2) is 0 Å². The van der Waals surface area contributed by atoms with Crippen molar-refractivity contribution in [1.82, 2.24) is 0 Å². The highest BCUT2D eigenvalue weighted by Gasteiger charge is 1.80. The van der Waals surface area contributed by atoms with Crippen LogP contribution in [-0.4, -0.2) is 0 Å². The number of hydrogen-bond acceptors (Lipinski definition) is 0. The van der Waals surface area contributed by atoms with Crippen molar-refractivity contribution in [2.75, 3.05) is 0 Å². The zero-order valence-electron chi connectivity index (χ0n) is 4.99. The van der Waals surface area contributed by atoms with Crippen LogP contribution in [-0.2, 0) is 0 Å². The Morgan fingerprint density at radius 2 is 2.60 bits per heavy atom. The molecule has 0 aliphatic carbocycles. The third-order valence-electron chi connectivity index (χ3n) is 0.697. The Morgan fingerprint density at radius 3 is 2.60 bits per heavy atom. The van der Waals surface area contributed by atoms with Gasteiger partial charge in [-0.05, 0) is 5.92 Å². The van der Waals surface area contributed by atoms with E-state index < -0.39 is 0 Å². The molecule has 0 radical (unpaired) electrons. The summed E-state index contributed by atoms with van der Waals surface area (Å²) >= 11 is 0. The summed E-state index contributed by atoms with van der Waals surface area (Å²) in [7, 11) is 0. The summed E-state index contributed by atoms with van der Waals surface area (Å²) in [5.41, 5.74) is 0. The molecule has 0 saturated carbocycles. The molecule has 0 fully saturated rings. The van der Waals surface area contributed by atoms with Gasteiger partial charge in [0.25, 0.3) is 0 Å². The molecule has 0 aliphatic heterocycles. The SMILES string of the molecule is [3H]CC(C)CC. The zero-order chi connectivity index (χ0) is 4.99. The van der Waals surface area contributed by atoms with E-state index in [0.29, 0.717) is 12.8 Å². The minimum atomic E-state index is 0.580. The Morgan fingerprint density at radius 1 is 2.00 bits per heavy atom. The normalized spacial score (nSPS) is 17.6. The molecule has 0 heteroatoms. The van der Waals surface area contributed by atoms with Crippen LogP contribution < -0.4 is 0 Å². The third kappa shape index (κ3) is 4.00. The maximum absolute atomic E-state index is 6.81. The molecule has 0 N–H and O–H groups in total. The summed E-state index contributed by atoms with van der Waals surface area (Å²) in [6.45, 7) is 4.78. The number of hydrogen-bond donors (Lipinski definition) is 0. The highest BCUT2D eigenvalue weighted by molar-refractivity contribution is 4.32. The quantitative estimate of drug-likeness (QED) is 0.446. The van der Waals surface area contributed by atoms with E-state index in [9.17, 15) is 0 Å². The average Bonchev–Trinajstić information content (AvgIpc) is 1.65. The Balaban J connectivity index is 2.75. The van der Waals surface area contributed by atoms with Crippen molar-refractivity contribution in [1.29, 1.82) is 0 Å². The maximum atomic E-state index is 6.81. The minimum Gasteiger partial charge on any atom is -0.0651 e. The van der Waals surface area contributed by atoms with Crippen LogP contribution in [0.3, 0.4) is 0 Å². The minimum absolute atomic E-state index is 0.580. The topological polar surface area (TPSA) is 0 Å². The molecule has 0 bridgehead atoms. The molecule has 5 heavy (non-hydrogen) atoms. The largest absolute Gasteiger partial charge is 0.0651 e. The fourth-order valence-corrected chi connectivity index (χ4v) is 0. The van der Waals surface area contributed by atoms with Crippen LogP contribution in [0.25, 0.3) is 0 Å². The fraction of sp³-hybridized carbons (Fsp3) is 1.00. The molecule has 1 unspecified atom stereocenters. The van der Waals surface area contributed by atoms with E-state index in [1.165, 1.54) is 0 Å². The van der Waals surface area contributed by atoms with E-state index in [2.05, 4.69) is 13.8 Å². The lowest BCUT2D eigenvalue weighted by atomic mass is 10.2. The Bertz CT molecular complexity index is 23.1. The standard InChI is InChI=1S/C5H12/c1-4-5(2)3/h5H,4H2,1-3H3/i2T. The second kappa shape index (κ2) is 2.25. The van der Waals surface area contributed by atoms with Crippen molar-refractivity contribution in [2.45, 2.75) is 27.2 Å². The van der Waals surface area contributed by atoms with Gasteiger partial charge in [-0.2, -0.15) is 0 Å². The molecule has 0 amide bonds. The summed E-state index contributed by atoms with van der Waals surface area (Å²) < 4.78 is 6.81. The summed E-state index contributed by atoms with van der Waals surface area (Å²) in [5.74, 6) is 0.602. The molecule has 0 aromatic rings. The summed E-state index contributed by atoms with van der Waals surface area (Å²) in [4.78, 5) is 0. The zero-order valence-corrected chi connectivity index (χ0v) is 3.99. The van der Waals surface area contributed by atoms with Crippen molar-refractivity contribution in [3.63, 3.8) is 0 Å². The first-order valence-electron chi connectivity index (χ1n) is 2.81. The molecule has 0 heterocycles. The van der Waals surface area contributed by atoms with Crippen molar-refractivity contribution in [3.8, 4) is 0 Å². The lowest BCUT2D eigenvalue weighted by Gasteiger charge is -1.90. The van der Waals surface area contributed by atoms with Crippen LogP contribution in [0.5, 0.6) is 0 Å². The Hall–Kier alpha value is 0. The van der Waals surface area contributed by atoms with Gasteiger partial charge in [0.2, 0.25) is 0 Å². The van der Waals surface area contributed by atoms with Gasteiger partial charge >= 0.3 is 0 Å². The Labute approximate surface area is 35.6 Å². The average molecular weight is 74.2 g/mol. The molecular weight excluding hydrogens is 60.1 g/mol. The van der Waals surface area contributed by atoms with Crippen molar-refractivity contribution in [3.05, 3.63) is 0 Å². The van der Waals surface area contributed by atoms with Gasteiger partial charge in [0.1, 0.15) is 0 Å². The molecule has 0 aromatic heterocycles. The lowest BCUT2D eigenvalue weighted by molar-refractivity contribution is 0.626. The molecule has 0 spiro atoms. The van der Waals surface area contributed by atoms with Crippen LogP contribution in [0.4, 0.5) is 0 Å². The first-order valence-corrected chi connectivity index (χ1v) is 2.10. The molecule has 0 aromatic carbocycles. The van der Waals surface area contributed by atoms with Crippen molar-refractivity contribution < 1.29 is 1.37 Å². The van der Waals surface area contributed by atoms with E-state index in [0.717, 1.165) is 6.42 Å². The smallest absolute Gasteiger partial charge is 0.0233 e. The summed E-state index contributed by atoms with van der Waals surface area (Å²) in [6.07, 6.45) is 1.14. The highest BCUT2D eigenvalue weighted by atomic mass is 13.9. The second-order valence-electron chi connectivity index (χ2n) is 1.51. The van der Waals surface area contributed by atoms with Gasteiger partial charge in [-0.25, -0.2) is 0 Å². The van der Waals surface area contributed by atoms with Crippen LogP contribution in [0.2, 0.25) is 0 Å². The van der Waals surface area contributed by atoms with E-state index >= 15 is 0 Å². The first-order chi connectivity index (χ1) is 2.81. The molecule has 1 atom stereocenters. The molecular formula is C5H12. The van der Waals surface area contributed by atoms with E-state index in [1.807, 2.05) is 0 Å². The third-order valence-corrected chi connectivity index (χ3v) is 0.697. The highest BCUT2D eigenvalue weighted by Crippen LogP contribution is 1.93. The van der Waals surface area contributed by atoms with Crippen LogP contribution in [0, 0.1) is 5.92 Å². The van der Waals surface area contributed by atoms with Crippen LogP contribution >= 0.6 is 0 Å². The second-order valence-corrected chi connectivity index (χ2v) is 1.51. The van der Waals surface area contributed by atoms with Gasteiger partial charge in [-0.15, -0.1) is 0 Å². The maximum Gasteiger partial charge on any atom is 0.0233 e. The van der Waals surface area contributed by atoms with Gasteiger partial charge in [-0.1, -0.05) is 27.2 Å². The predicted molar refractivity (Wildman–Crippen MR) is 25.1 cm³/mol.